The molecule has 1 rings (SSSR count). The SMILES string of the molecule is CCCCCCCCCC(C#N)Nc1ccc(Br)cc1. The summed E-state index contributed by atoms with van der Waals surface area (Å²) in [5.74, 6) is 0. The molecule has 1 unspecified atom stereocenters. The van der Waals surface area contributed by atoms with Gasteiger partial charge in [-0.1, -0.05) is 67.8 Å². The van der Waals surface area contributed by atoms with Crippen LogP contribution in [0.3, 0.4) is 0 Å². The summed E-state index contributed by atoms with van der Waals surface area (Å²) in [5, 5.41) is 12.5. The lowest BCUT2D eigenvalue weighted by molar-refractivity contribution is 0.569. The van der Waals surface area contributed by atoms with Gasteiger partial charge < -0.3 is 5.32 Å². The van der Waals surface area contributed by atoms with Crippen LogP contribution < -0.4 is 5.32 Å². The Labute approximate surface area is 131 Å². The maximum atomic E-state index is 9.19. The van der Waals surface area contributed by atoms with E-state index in [0.717, 1.165) is 23.0 Å². The fourth-order valence-electron chi connectivity index (χ4n) is 2.22. The summed E-state index contributed by atoms with van der Waals surface area (Å²) in [4.78, 5) is 0. The number of nitrogens with zero attached hydrogens (tertiary/aromatic N) is 1. The molecule has 0 saturated carbocycles. The van der Waals surface area contributed by atoms with Gasteiger partial charge in [0.25, 0.3) is 0 Å². The molecule has 0 saturated heterocycles. The minimum Gasteiger partial charge on any atom is -0.370 e. The second-order valence-electron chi connectivity index (χ2n) is 5.24. The van der Waals surface area contributed by atoms with Crippen molar-refractivity contribution in [1.82, 2.24) is 0 Å². The molecule has 0 bridgehead atoms. The number of nitrogens with one attached hydrogen (secondary N) is 1. The monoisotopic (exact) mass is 336 g/mol. The first kappa shape index (κ1) is 17.0. The molecule has 20 heavy (non-hydrogen) atoms. The Kier molecular flexibility index (Phi) is 9.15. The Hall–Kier alpha value is -1.01. The van der Waals surface area contributed by atoms with E-state index in [0.29, 0.717) is 0 Å². The highest BCUT2D eigenvalue weighted by molar-refractivity contribution is 9.10. The van der Waals surface area contributed by atoms with Crippen LogP contribution in [0.4, 0.5) is 5.69 Å². The van der Waals surface area contributed by atoms with Gasteiger partial charge in [0, 0.05) is 10.2 Å². The summed E-state index contributed by atoms with van der Waals surface area (Å²) in [7, 11) is 0. The van der Waals surface area contributed by atoms with Gasteiger partial charge in [-0.25, -0.2) is 0 Å². The molecular weight excluding hydrogens is 312 g/mol. The Balaban J connectivity index is 2.17. The van der Waals surface area contributed by atoms with Crippen LogP contribution in [0.15, 0.2) is 28.7 Å². The summed E-state index contributed by atoms with van der Waals surface area (Å²) in [6, 6.07) is 10.3. The van der Waals surface area contributed by atoms with Gasteiger partial charge in [-0.2, -0.15) is 5.26 Å². The number of rotatable bonds is 10. The second-order valence-corrected chi connectivity index (χ2v) is 6.16. The van der Waals surface area contributed by atoms with Crippen molar-refractivity contribution in [3.8, 4) is 6.07 Å². The van der Waals surface area contributed by atoms with Crippen LogP contribution in [0.5, 0.6) is 0 Å². The van der Waals surface area contributed by atoms with Crippen LogP contribution in [0.2, 0.25) is 0 Å². The Bertz CT molecular complexity index is 394. The quantitative estimate of drug-likeness (QED) is 0.540. The van der Waals surface area contributed by atoms with Crippen LogP contribution in [0.25, 0.3) is 0 Å². The molecule has 1 N–H and O–H groups in total. The van der Waals surface area contributed by atoms with Crippen molar-refractivity contribution in [3.05, 3.63) is 28.7 Å². The van der Waals surface area contributed by atoms with Crippen molar-refractivity contribution in [3.63, 3.8) is 0 Å². The Morgan fingerprint density at radius 3 is 2.25 bits per heavy atom. The minimum absolute atomic E-state index is 0.0770. The zero-order valence-corrected chi connectivity index (χ0v) is 14.0. The van der Waals surface area contributed by atoms with Gasteiger partial charge in [-0.3, -0.25) is 0 Å². The van der Waals surface area contributed by atoms with E-state index in [1.54, 1.807) is 0 Å². The van der Waals surface area contributed by atoms with E-state index in [1.165, 1.54) is 38.5 Å². The molecule has 2 nitrogen and oxygen atoms in total. The molecule has 0 aromatic heterocycles. The van der Waals surface area contributed by atoms with Gasteiger partial charge in [0.15, 0.2) is 0 Å². The fraction of sp³-hybridized carbons (Fsp3) is 0.588. The summed E-state index contributed by atoms with van der Waals surface area (Å²) in [6.45, 7) is 2.24. The molecule has 3 heteroatoms. The lowest BCUT2D eigenvalue weighted by Gasteiger charge is -2.12. The molecule has 0 heterocycles. The topological polar surface area (TPSA) is 35.8 Å². The van der Waals surface area contributed by atoms with Crippen molar-refractivity contribution in [2.24, 2.45) is 0 Å². The van der Waals surface area contributed by atoms with E-state index in [2.05, 4.69) is 34.2 Å². The van der Waals surface area contributed by atoms with Crippen LogP contribution in [0.1, 0.15) is 58.3 Å². The molecule has 1 aromatic rings. The predicted octanol–water partition coefficient (Wildman–Crippen LogP) is 5.89. The maximum absolute atomic E-state index is 9.19. The van der Waals surface area contributed by atoms with Gasteiger partial charge in [0.05, 0.1) is 6.07 Å². The van der Waals surface area contributed by atoms with Crippen molar-refractivity contribution in [2.45, 2.75) is 64.3 Å². The number of halogens is 1. The molecular formula is C17H25BrN2. The number of benzene rings is 1. The molecule has 0 aliphatic carbocycles. The largest absolute Gasteiger partial charge is 0.370 e. The van der Waals surface area contributed by atoms with Crippen molar-refractivity contribution in [1.29, 1.82) is 5.26 Å². The van der Waals surface area contributed by atoms with Crippen LogP contribution >= 0.6 is 15.9 Å². The maximum Gasteiger partial charge on any atom is 0.114 e. The Morgan fingerprint density at radius 2 is 1.65 bits per heavy atom. The normalized spacial score (nSPS) is 11.8. The zero-order chi connectivity index (χ0) is 14.6. The molecule has 1 atom stereocenters. The van der Waals surface area contributed by atoms with Gasteiger partial charge >= 0.3 is 0 Å². The Morgan fingerprint density at radius 1 is 1.05 bits per heavy atom. The number of hydrogen-bond donors (Lipinski definition) is 1. The van der Waals surface area contributed by atoms with Crippen LogP contribution in [-0.4, -0.2) is 6.04 Å². The van der Waals surface area contributed by atoms with Gasteiger partial charge in [0.1, 0.15) is 6.04 Å². The average Bonchev–Trinajstić information content (AvgIpc) is 2.47. The number of hydrogen-bond acceptors (Lipinski definition) is 2. The molecule has 0 spiro atoms. The zero-order valence-electron chi connectivity index (χ0n) is 12.4. The van der Waals surface area contributed by atoms with E-state index in [9.17, 15) is 5.26 Å². The first-order chi connectivity index (χ1) is 9.76. The van der Waals surface area contributed by atoms with E-state index in [-0.39, 0.29) is 6.04 Å². The summed E-state index contributed by atoms with van der Waals surface area (Å²) in [5.41, 5.74) is 1.02. The van der Waals surface area contributed by atoms with E-state index in [1.807, 2.05) is 24.3 Å². The van der Waals surface area contributed by atoms with Crippen molar-refractivity contribution < 1.29 is 0 Å². The first-order valence-corrected chi connectivity index (χ1v) is 8.47. The predicted molar refractivity (Wildman–Crippen MR) is 89.8 cm³/mol. The van der Waals surface area contributed by atoms with Crippen molar-refractivity contribution >= 4 is 21.6 Å². The molecule has 0 aliphatic heterocycles. The van der Waals surface area contributed by atoms with Crippen molar-refractivity contribution in [2.75, 3.05) is 5.32 Å². The first-order valence-electron chi connectivity index (χ1n) is 7.68. The van der Waals surface area contributed by atoms with E-state index in [4.69, 9.17) is 0 Å². The third-order valence-electron chi connectivity index (χ3n) is 3.44. The molecule has 0 amide bonds. The number of unbranched alkanes of at least 4 members (excludes halogenated alkanes) is 6. The van der Waals surface area contributed by atoms with Crippen LogP contribution in [-0.2, 0) is 0 Å². The van der Waals surface area contributed by atoms with Gasteiger partial charge in [0.2, 0.25) is 0 Å². The smallest absolute Gasteiger partial charge is 0.114 e. The van der Waals surface area contributed by atoms with Gasteiger partial charge in [-0.15, -0.1) is 0 Å². The minimum atomic E-state index is -0.0770. The highest BCUT2D eigenvalue weighted by Gasteiger charge is 2.06. The summed E-state index contributed by atoms with van der Waals surface area (Å²) >= 11 is 3.41. The third kappa shape index (κ3) is 7.55. The fourth-order valence-corrected chi connectivity index (χ4v) is 2.49. The second kappa shape index (κ2) is 10.7. The molecule has 1 aromatic carbocycles. The van der Waals surface area contributed by atoms with E-state index >= 15 is 0 Å². The molecule has 110 valence electrons. The number of nitriles is 1. The lowest BCUT2D eigenvalue weighted by atomic mass is 10.1. The molecule has 0 radical (unpaired) electrons. The summed E-state index contributed by atoms with van der Waals surface area (Å²) in [6.07, 6.45) is 9.95. The average molecular weight is 337 g/mol. The third-order valence-corrected chi connectivity index (χ3v) is 3.97. The highest BCUT2D eigenvalue weighted by atomic mass is 79.9. The number of anilines is 1. The lowest BCUT2D eigenvalue weighted by Crippen LogP contribution is -2.16. The standard InChI is InChI=1S/C17H25BrN2/c1-2-3-4-5-6-7-8-9-17(14-19)20-16-12-10-15(18)11-13-16/h10-13,17,20H,2-9H2,1H3. The summed E-state index contributed by atoms with van der Waals surface area (Å²) < 4.78 is 1.06. The molecule has 0 fully saturated rings. The molecule has 0 aliphatic rings. The highest BCUT2D eigenvalue weighted by Crippen LogP contribution is 2.16. The van der Waals surface area contributed by atoms with Gasteiger partial charge in [-0.05, 0) is 30.7 Å². The van der Waals surface area contributed by atoms with Crippen LogP contribution in [0, 0.1) is 11.3 Å². The van der Waals surface area contributed by atoms with E-state index < -0.39 is 0 Å².